The molecular weight excluding hydrogens is 554 g/mol. The highest BCUT2D eigenvalue weighted by molar-refractivity contribution is 7.91. The summed E-state index contributed by atoms with van der Waals surface area (Å²) in [7, 11) is -1.77. The first-order chi connectivity index (χ1) is 17.3. The fraction of sp³-hybridized carbons (Fsp3) is 0.391. The van der Waals surface area contributed by atoms with Crippen LogP contribution in [0.3, 0.4) is 0 Å². The van der Waals surface area contributed by atoms with Gasteiger partial charge in [0.15, 0.2) is 9.84 Å². The smallest absolute Gasteiger partial charge is 0.304 e. The van der Waals surface area contributed by atoms with Crippen molar-refractivity contribution in [3.8, 4) is 0 Å². The summed E-state index contributed by atoms with van der Waals surface area (Å²) < 4.78 is 68.1. The number of aromatic nitrogens is 2. The van der Waals surface area contributed by atoms with E-state index in [9.17, 15) is 26.4 Å². The molecule has 37 heavy (non-hydrogen) atoms. The molecule has 4 rings (SSSR count). The maximum absolute atomic E-state index is 14.1. The van der Waals surface area contributed by atoms with E-state index in [0.29, 0.717) is 26.2 Å². The molecule has 1 saturated heterocycles. The van der Waals surface area contributed by atoms with Crippen LogP contribution in [0.4, 0.5) is 18.9 Å². The summed E-state index contributed by atoms with van der Waals surface area (Å²) in [5.41, 5.74) is 0.475. The molecule has 2 heterocycles. The molecule has 1 N–H and O–H groups in total. The third-order valence-electron chi connectivity index (χ3n) is 6.27. The number of sulfone groups is 1. The second-order valence-corrected chi connectivity index (χ2v) is 11.8. The first kappa shape index (κ1) is 27.6. The number of anilines is 1. The first-order valence-corrected chi connectivity index (χ1v) is 13.7. The predicted molar refractivity (Wildman–Crippen MR) is 137 cm³/mol. The Morgan fingerprint density at radius 1 is 1.11 bits per heavy atom. The lowest BCUT2D eigenvalue weighted by molar-refractivity contribution is -0.138. The van der Waals surface area contributed by atoms with Gasteiger partial charge in [-0.05, 0) is 36.9 Å². The van der Waals surface area contributed by atoms with E-state index in [1.165, 1.54) is 25.1 Å². The zero-order valence-corrected chi connectivity index (χ0v) is 22.3. The lowest BCUT2D eigenvalue weighted by Crippen LogP contribution is -2.44. The van der Waals surface area contributed by atoms with E-state index >= 15 is 0 Å². The van der Waals surface area contributed by atoms with E-state index in [4.69, 9.17) is 23.2 Å². The molecule has 0 spiro atoms. The zero-order valence-electron chi connectivity index (χ0n) is 19.9. The second-order valence-electron chi connectivity index (χ2n) is 8.77. The van der Waals surface area contributed by atoms with Crippen molar-refractivity contribution in [1.82, 2.24) is 19.5 Å². The number of piperazine rings is 1. The summed E-state index contributed by atoms with van der Waals surface area (Å²) >= 11 is 12.5. The molecule has 1 aliphatic rings. The molecule has 2 aromatic carbocycles. The maximum atomic E-state index is 14.1. The van der Waals surface area contributed by atoms with Crippen LogP contribution in [0, 0.1) is 0 Å². The quantitative estimate of drug-likeness (QED) is 0.471. The minimum absolute atomic E-state index is 0.0218. The molecule has 1 aromatic heterocycles. The van der Waals surface area contributed by atoms with Gasteiger partial charge in [-0.15, -0.1) is 0 Å². The van der Waals surface area contributed by atoms with Crippen LogP contribution in [0.1, 0.15) is 18.1 Å². The Kier molecular flexibility index (Phi) is 7.78. The highest BCUT2D eigenvalue weighted by Crippen LogP contribution is 2.39. The molecule has 200 valence electrons. The van der Waals surface area contributed by atoms with Gasteiger partial charge in [-0.1, -0.05) is 30.1 Å². The first-order valence-electron chi connectivity index (χ1n) is 11.3. The number of hydrogen-bond donors (Lipinski definition) is 1. The van der Waals surface area contributed by atoms with Gasteiger partial charge in [-0.2, -0.15) is 13.2 Å². The minimum Gasteiger partial charge on any atom is -0.304 e. The van der Waals surface area contributed by atoms with E-state index in [2.05, 4.69) is 15.3 Å². The van der Waals surface area contributed by atoms with E-state index in [0.717, 1.165) is 17.1 Å². The summed E-state index contributed by atoms with van der Waals surface area (Å²) in [5, 5.41) is -0.420. The summed E-state index contributed by atoms with van der Waals surface area (Å²) in [6.45, 7) is 3.98. The zero-order chi connectivity index (χ0) is 27.1. The van der Waals surface area contributed by atoms with Crippen molar-refractivity contribution in [3.05, 3.63) is 62.1 Å². The normalized spacial score (nSPS) is 15.9. The van der Waals surface area contributed by atoms with Gasteiger partial charge in [0, 0.05) is 37.7 Å². The van der Waals surface area contributed by atoms with Crippen LogP contribution in [-0.2, 0) is 22.6 Å². The summed E-state index contributed by atoms with van der Waals surface area (Å²) in [5.74, 6) is -0.213. The van der Waals surface area contributed by atoms with Gasteiger partial charge in [0.1, 0.15) is 6.33 Å². The lowest BCUT2D eigenvalue weighted by Gasteiger charge is -2.33. The fourth-order valence-electron chi connectivity index (χ4n) is 4.13. The van der Waals surface area contributed by atoms with Crippen LogP contribution in [0.2, 0.25) is 10.0 Å². The molecule has 0 aliphatic carbocycles. The molecule has 0 unspecified atom stereocenters. The Labute approximate surface area is 221 Å². The molecule has 1 aliphatic heterocycles. The molecule has 1 fully saturated rings. The predicted octanol–water partition coefficient (Wildman–Crippen LogP) is 4.14. The number of fused-ring (bicyclic) bond motifs is 1. The largest absolute Gasteiger partial charge is 0.416 e. The second kappa shape index (κ2) is 10.4. The molecule has 0 bridgehead atoms. The Morgan fingerprint density at radius 3 is 2.41 bits per heavy atom. The van der Waals surface area contributed by atoms with Crippen molar-refractivity contribution < 1.29 is 21.6 Å². The average Bonchev–Trinajstić information content (AvgIpc) is 2.83. The molecule has 3 aromatic rings. The van der Waals surface area contributed by atoms with Crippen LogP contribution >= 0.6 is 23.2 Å². The molecule has 14 heteroatoms. The van der Waals surface area contributed by atoms with Crippen molar-refractivity contribution >= 4 is 49.6 Å². The van der Waals surface area contributed by atoms with E-state index < -0.39 is 27.1 Å². The topological polar surface area (TPSA) is 87.5 Å². The average molecular weight is 578 g/mol. The standard InChI is InChI=1S/C23H24Cl2F3N5O3S/c1-3-37(35,36)19-5-4-14(24)10-18(19)30-33-13-29-21-15(22(33)34)11-17(23(26,27)28)16(20(21)25)12-32-8-6-31(2)7-9-32/h4-5,10-11,13,30H,3,6-9,12H2,1-2H3. The summed E-state index contributed by atoms with van der Waals surface area (Å²) in [6.07, 6.45) is -3.72. The molecule has 8 nitrogen and oxygen atoms in total. The number of rotatable bonds is 6. The monoisotopic (exact) mass is 577 g/mol. The highest BCUT2D eigenvalue weighted by atomic mass is 35.5. The van der Waals surface area contributed by atoms with E-state index in [-0.39, 0.29) is 49.4 Å². The summed E-state index contributed by atoms with van der Waals surface area (Å²) in [4.78, 5) is 21.2. The molecular formula is C23H24Cl2F3N5O3S. The molecule has 0 atom stereocenters. The maximum Gasteiger partial charge on any atom is 0.416 e. The Hall–Kier alpha value is -2.38. The van der Waals surface area contributed by atoms with Crippen molar-refractivity contribution in [2.75, 3.05) is 44.4 Å². The number of benzene rings is 2. The molecule has 0 saturated carbocycles. The number of nitrogens with one attached hydrogen (secondary N) is 1. The van der Waals surface area contributed by atoms with Crippen LogP contribution in [0.25, 0.3) is 10.9 Å². The third kappa shape index (κ3) is 5.73. The minimum atomic E-state index is -4.77. The third-order valence-corrected chi connectivity index (χ3v) is 8.70. The molecule has 0 radical (unpaired) electrons. The number of hydrogen-bond acceptors (Lipinski definition) is 7. The van der Waals surface area contributed by atoms with Crippen LogP contribution < -0.4 is 11.0 Å². The van der Waals surface area contributed by atoms with Gasteiger partial charge in [0.2, 0.25) is 0 Å². The Morgan fingerprint density at radius 2 is 1.78 bits per heavy atom. The van der Waals surface area contributed by atoms with E-state index in [1.807, 2.05) is 11.9 Å². The van der Waals surface area contributed by atoms with Gasteiger partial charge in [0.25, 0.3) is 5.56 Å². The van der Waals surface area contributed by atoms with Crippen molar-refractivity contribution in [3.63, 3.8) is 0 Å². The number of alkyl halides is 3. The van der Waals surface area contributed by atoms with Crippen LogP contribution in [0.5, 0.6) is 0 Å². The van der Waals surface area contributed by atoms with Gasteiger partial charge in [0.05, 0.1) is 37.8 Å². The van der Waals surface area contributed by atoms with Crippen LogP contribution in [-0.4, -0.2) is 66.9 Å². The SMILES string of the molecule is CCS(=O)(=O)c1ccc(Cl)cc1Nn1cnc2c(Cl)c(CN3CCN(C)CC3)c(C(F)(F)F)cc2c1=O. The van der Waals surface area contributed by atoms with Gasteiger partial charge >= 0.3 is 6.18 Å². The van der Waals surface area contributed by atoms with Crippen molar-refractivity contribution in [1.29, 1.82) is 0 Å². The van der Waals surface area contributed by atoms with Crippen molar-refractivity contribution in [2.24, 2.45) is 0 Å². The summed E-state index contributed by atoms with van der Waals surface area (Å²) in [6, 6.07) is 4.72. The Balaban J connectivity index is 1.82. The number of nitrogens with zero attached hydrogens (tertiary/aromatic N) is 4. The number of likely N-dealkylation sites (N-methyl/N-ethyl adjacent to an activating group) is 1. The Bertz CT molecular complexity index is 1500. The molecule has 0 amide bonds. The van der Waals surface area contributed by atoms with Gasteiger partial charge in [-0.25, -0.2) is 18.1 Å². The lowest BCUT2D eigenvalue weighted by atomic mass is 10.0. The van der Waals surface area contributed by atoms with E-state index in [1.54, 1.807) is 0 Å². The number of halogens is 5. The van der Waals surface area contributed by atoms with Gasteiger partial charge in [-0.3, -0.25) is 15.1 Å². The fourth-order valence-corrected chi connectivity index (χ4v) is 5.64. The van der Waals surface area contributed by atoms with Crippen LogP contribution in [0.15, 0.2) is 40.3 Å². The van der Waals surface area contributed by atoms with Crippen molar-refractivity contribution in [2.45, 2.75) is 24.5 Å². The van der Waals surface area contributed by atoms with Gasteiger partial charge < -0.3 is 4.90 Å². The highest BCUT2D eigenvalue weighted by Gasteiger charge is 2.36.